The molecule has 122 valence electrons. The number of hydrogen-bond acceptors (Lipinski definition) is 5. The van der Waals surface area contributed by atoms with Crippen LogP contribution in [-0.2, 0) is 7.05 Å². The van der Waals surface area contributed by atoms with Crippen molar-refractivity contribution in [2.24, 2.45) is 7.05 Å². The maximum atomic E-state index is 12.6. The van der Waals surface area contributed by atoms with Crippen molar-refractivity contribution in [2.75, 3.05) is 0 Å². The van der Waals surface area contributed by atoms with E-state index in [0.29, 0.717) is 5.82 Å². The minimum atomic E-state index is -0.434. The van der Waals surface area contributed by atoms with Crippen molar-refractivity contribution in [1.29, 1.82) is 0 Å². The summed E-state index contributed by atoms with van der Waals surface area (Å²) in [4.78, 5) is 29.5. The van der Waals surface area contributed by atoms with Gasteiger partial charge in [-0.3, -0.25) is 13.9 Å². The van der Waals surface area contributed by atoms with E-state index in [1.54, 1.807) is 4.57 Å². The molecule has 0 radical (unpaired) electrons. The fourth-order valence-electron chi connectivity index (χ4n) is 3.33. The molecule has 0 amide bonds. The van der Waals surface area contributed by atoms with Gasteiger partial charge in [-0.2, -0.15) is 0 Å². The predicted molar refractivity (Wildman–Crippen MR) is 89.8 cm³/mol. The minimum absolute atomic E-state index is 0.0606. The number of rotatable bonds is 2. The van der Waals surface area contributed by atoms with Gasteiger partial charge in [0, 0.05) is 18.7 Å². The third kappa shape index (κ3) is 2.24. The van der Waals surface area contributed by atoms with Crippen molar-refractivity contribution in [1.82, 2.24) is 24.3 Å². The van der Waals surface area contributed by atoms with Crippen molar-refractivity contribution >= 4 is 11.2 Å². The average molecular weight is 323 g/mol. The second kappa shape index (κ2) is 5.67. The summed E-state index contributed by atoms with van der Waals surface area (Å²) in [5.41, 5.74) is 0.486. The molecule has 0 atom stereocenters. The smallest absolute Gasteiger partial charge is 0.271 e. The third-order valence-corrected chi connectivity index (χ3v) is 4.62. The molecule has 1 aliphatic carbocycles. The van der Waals surface area contributed by atoms with Gasteiger partial charge in [0.1, 0.15) is 0 Å². The zero-order valence-electron chi connectivity index (χ0n) is 13.3. The molecule has 2 aromatic heterocycles. The molecule has 2 heterocycles. The van der Waals surface area contributed by atoms with Crippen LogP contribution in [0.15, 0.2) is 39.9 Å². The molecular weight excluding hydrogens is 306 g/mol. The van der Waals surface area contributed by atoms with Gasteiger partial charge >= 0.3 is 5.69 Å². The Hall–Kier alpha value is -2.83. The van der Waals surface area contributed by atoms with E-state index < -0.39 is 5.56 Å². The van der Waals surface area contributed by atoms with E-state index in [0.717, 1.165) is 35.8 Å². The Balaban J connectivity index is 2.01. The predicted octanol–water partition coefficient (Wildman–Crippen LogP) is 1.67. The largest absolute Gasteiger partial charge is 0.332 e. The highest BCUT2D eigenvalue weighted by Gasteiger charge is 2.24. The lowest BCUT2D eigenvalue weighted by atomic mass is 10.2. The van der Waals surface area contributed by atoms with E-state index in [9.17, 15) is 9.59 Å². The van der Waals surface area contributed by atoms with Gasteiger partial charge in [-0.25, -0.2) is 9.78 Å². The Kier molecular flexibility index (Phi) is 3.48. The fraction of sp³-hybridized carbons (Fsp3) is 0.353. The molecule has 7 heteroatoms. The monoisotopic (exact) mass is 323 g/mol. The summed E-state index contributed by atoms with van der Waals surface area (Å²) in [6, 6.07) is 9.43. The van der Waals surface area contributed by atoms with Crippen LogP contribution >= 0.6 is 0 Å². The molecule has 3 aromatic rings. The molecule has 0 N–H and O–H groups in total. The van der Waals surface area contributed by atoms with Crippen molar-refractivity contribution in [3.05, 3.63) is 51.2 Å². The second-order valence-corrected chi connectivity index (χ2v) is 6.13. The van der Waals surface area contributed by atoms with Gasteiger partial charge < -0.3 is 0 Å². The number of fused-ring (bicyclic) bond motifs is 1. The Morgan fingerprint density at radius 1 is 1.04 bits per heavy atom. The van der Waals surface area contributed by atoms with Crippen LogP contribution in [-0.4, -0.2) is 24.3 Å². The highest BCUT2D eigenvalue weighted by Crippen LogP contribution is 2.29. The maximum absolute atomic E-state index is 12.6. The van der Waals surface area contributed by atoms with Crippen LogP contribution in [0.3, 0.4) is 0 Å². The summed E-state index contributed by atoms with van der Waals surface area (Å²) in [5, 5.41) is 8.35. The van der Waals surface area contributed by atoms with Gasteiger partial charge in [0.25, 0.3) is 5.56 Å². The second-order valence-electron chi connectivity index (χ2n) is 6.13. The summed E-state index contributed by atoms with van der Waals surface area (Å²) in [7, 11) is 1.49. The Morgan fingerprint density at radius 2 is 1.75 bits per heavy atom. The Morgan fingerprint density at radius 3 is 2.46 bits per heavy atom. The quantitative estimate of drug-likeness (QED) is 0.716. The first-order chi connectivity index (χ1) is 11.7. The van der Waals surface area contributed by atoms with Gasteiger partial charge in [-0.15, -0.1) is 10.2 Å². The molecule has 0 aliphatic heterocycles. The highest BCUT2D eigenvalue weighted by atomic mass is 16.2. The third-order valence-electron chi connectivity index (χ3n) is 4.62. The van der Waals surface area contributed by atoms with Gasteiger partial charge in [0.2, 0.25) is 0 Å². The lowest BCUT2D eigenvalue weighted by Crippen LogP contribution is -2.40. The lowest BCUT2D eigenvalue weighted by molar-refractivity contribution is 0.486. The van der Waals surface area contributed by atoms with Gasteiger partial charge in [-0.05, 0) is 12.8 Å². The first-order valence-electron chi connectivity index (χ1n) is 8.08. The zero-order valence-corrected chi connectivity index (χ0v) is 13.3. The minimum Gasteiger partial charge on any atom is -0.271 e. The highest BCUT2D eigenvalue weighted by molar-refractivity contribution is 5.71. The van der Waals surface area contributed by atoms with Gasteiger partial charge in [0.15, 0.2) is 17.0 Å². The standard InChI is InChI=1S/C17H17N5O2/c1-21-16(23)13-15(22(17(21)24)12-9-5-6-10-12)20-19-14(18-13)11-7-3-2-4-8-11/h2-4,7-8,12H,5-6,9-10H2,1H3. The van der Waals surface area contributed by atoms with Crippen LogP contribution in [0.2, 0.25) is 0 Å². The number of hydrogen-bond donors (Lipinski definition) is 0. The number of benzene rings is 1. The summed E-state index contributed by atoms with van der Waals surface area (Å²) in [6.45, 7) is 0. The molecule has 24 heavy (non-hydrogen) atoms. The van der Waals surface area contributed by atoms with Crippen molar-refractivity contribution in [3.63, 3.8) is 0 Å². The summed E-state index contributed by atoms with van der Waals surface area (Å²) < 4.78 is 2.71. The van der Waals surface area contributed by atoms with Crippen molar-refractivity contribution in [3.8, 4) is 11.4 Å². The number of aromatic nitrogens is 5. The van der Waals surface area contributed by atoms with E-state index in [2.05, 4.69) is 15.2 Å². The molecule has 0 saturated heterocycles. The Bertz CT molecular complexity index is 1020. The van der Waals surface area contributed by atoms with Crippen LogP contribution in [0.5, 0.6) is 0 Å². The van der Waals surface area contributed by atoms with Crippen molar-refractivity contribution < 1.29 is 0 Å². The maximum Gasteiger partial charge on any atom is 0.332 e. The fourth-order valence-corrected chi connectivity index (χ4v) is 3.33. The summed E-state index contributed by atoms with van der Waals surface area (Å²) in [6.07, 6.45) is 3.97. The van der Waals surface area contributed by atoms with E-state index in [1.165, 1.54) is 7.05 Å². The first-order valence-corrected chi connectivity index (χ1v) is 8.08. The van der Waals surface area contributed by atoms with Crippen LogP contribution < -0.4 is 11.2 Å². The molecule has 0 unspecified atom stereocenters. The molecule has 0 spiro atoms. The average Bonchev–Trinajstić information content (AvgIpc) is 3.15. The molecule has 0 bridgehead atoms. The van der Waals surface area contributed by atoms with Crippen LogP contribution in [0, 0.1) is 0 Å². The molecule has 1 aliphatic rings. The zero-order chi connectivity index (χ0) is 16.7. The van der Waals surface area contributed by atoms with Crippen LogP contribution in [0.1, 0.15) is 31.7 Å². The summed E-state index contributed by atoms with van der Waals surface area (Å²) in [5.74, 6) is 0.386. The lowest BCUT2D eigenvalue weighted by Gasteiger charge is -2.16. The van der Waals surface area contributed by atoms with Crippen LogP contribution in [0.4, 0.5) is 0 Å². The molecule has 1 fully saturated rings. The van der Waals surface area contributed by atoms with Crippen molar-refractivity contribution in [2.45, 2.75) is 31.7 Å². The Labute approximate surface area is 137 Å². The van der Waals surface area contributed by atoms with E-state index >= 15 is 0 Å². The number of nitrogens with zero attached hydrogens (tertiary/aromatic N) is 5. The normalized spacial score (nSPS) is 15.2. The molecule has 4 rings (SSSR count). The molecule has 7 nitrogen and oxygen atoms in total. The van der Waals surface area contributed by atoms with Gasteiger partial charge in [0.05, 0.1) is 0 Å². The van der Waals surface area contributed by atoms with E-state index in [-0.39, 0.29) is 22.9 Å². The van der Waals surface area contributed by atoms with Crippen LogP contribution in [0.25, 0.3) is 22.6 Å². The molecule has 1 saturated carbocycles. The van der Waals surface area contributed by atoms with E-state index in [4.69, 9.17) is 0 Å². The summed E-state index contributed by atoms with van der Waals surface area (Å²) >= 11 is 0. The molecule has 1 aromatic carbocycles. The van der Waals surface area contributed by atoms with Gasteiger partial charge in [-0.1, -0.05) is 43.2 Å². The topological polar surface area (TPSA) is 82.7 Å². The van der Waals surface area contributed by atoms with E-state index in [1.807, 2.05) is 30.3 Å². The molecular formula is C17H17N5O2. The first kappa shape index (κ1) is 14.7. The SMILES string of the molecule is Cn1c(=O)c2nc(-c3ccccc3)nnc2n(C2CCCC2)c1=O.